The van der Waals surface area contributed by atoms with Crippen molar-refractivity contribution < 1.29 is 13.2 Å². The molecule has 124 valence electrons. The second kappa shape index (κ2) is 8.08. The van der Waals surface area contributed by atoms with Gasteiger partial charge in [0.15, 0.2) is 0 Å². The molecule has 1 N–H and O–H groups in total. The maximum Gasteiger partial charge on any atom is 0.244 e. The number of benzene rings is 1. The molecule has 2 aromatic rings. The molecule has 0 atom stereocenters. The Morgan fingerprint density at radius 3 is 2.74 bits per heavy atom. The van der Waals surface area contributed by atoms with Gasteiger partial charge in [-0.2, -0.15) is 0 Å². The lowest BCUT2D eigenvalue weighted by atomic mass is 10.1. The monoisotopic (exact) mass is 334 g/mol. The highest BCUT2D eigenvalue weighted by molar-refractivity contribution is 7.89. The van der Waals surface area contributed by atoms with Crippen LogP contribution in [0.3, 0.4) is 0 Å². The van der Waals surface area contributed by atoms with Crippen LogP contribution in [0, 0.1) is 6.92 Å². The van der Waals surface area contributed by atoms with Gasteiger partial charge in [-0.15, -0.1) is 0 Å². The molecule has 0 bridgehead atoms. The number of hydrogen-bond acceptors (Lipinski definition) is 4. The van der Waals surface area contributed by atoms with Crippen LogP contribution in [0.25, 0.3) is 0 Å². The Hall–Kier alpha value is -1.92. The van der Waals surface area contributed by atoms with E-state index >= 15 is 0 Å². The van der Waals surface area contributed by atoms with Crippen LogP contribution in [0.4, 0.5) is 0 Å². The zero-order valence-electron chi connectivity index (χ0n) is 13.5. The van der Waals surface area contributed by atoms with Gasteiger partial charge in [-0.25, -0.2) is 13.1 Å². The minimum atomic E-state index is -3.56. The Kier molecular flexibility index (Phi) is 6.12. The van der Waals surface area contributed by atoms with Crippen LogP contribution in [0.5, 0.6) is 5.75 Å². The van der Waals surface area contributed by atoms with Gasteiger partial charge in [-0.05, 0) is 55.5 Å². The average Bonchev–Trinajstić information content (AvgIpc) is 2.55. The number of unbranched alkanes of at least 4 members (excludes halogenated alkanes) is 1. The lowest BCUT2D eigenvalue weighted by Crippen LogP contribution is -2.25. The lowest BCUT2D eigenvalue weighted by molar-refractivity contribution is 0.402. The fraction of sp³-hybridized carbons (Fsp3) is 0.353. The van der Waals surface area contributed by atoms with Gasteiger partial charge in [0.1, 0.15) is 10.6 Å². The first-order valence-corrected chi connectivity index (χ1v) is 9.04. The average molecular weight is 334 g/mol. The number of nitrogens with one attached hydrogen (secondary N) is 1. The summed E-state index contributed by atoms with van der Waals surface area (Å²) >= 11 is 0. The number of rotatable bonds is 8. The van der Waals surface area contributed by atoms with Gasteiger partial charge in [-0.3, -0.25) is 4.98 Å². The van der Waals surface area contributed by atoms with Crippen molar-refractivity contribution in [3.05, 3.63) is 53.9 Å². The van der Waals surface area contributed by atoms with Crippen LogP contribution in [-0.4, -0.2) is 27.1 Å². The molecule has 0 saturated heterocycles. The number of hydrogen-bond donors (Lipinski definition) is 1. The molecule has 0 fully saturated rings. The molecule has 23 heavy (non-hydrogen) atoms. The van der Waals surface area contributed by atoms with Crippen LogP contribution in [0.15, 0.2) is 47.6 Å². The zero-order valence-corrected chi connectivity index (χ0v) is 14.3. The fourth-order valence-electron chi connectivity index (χ4n) is 2.28. The van der Waals surface area contributed by atoms with E-state index in [1.54, 1.807) is 18.3 Å². The SMILES string of the molecule is COc1ccc(C)cc1S(=O)(=O)NCCCCc1cccnc1. The van der Waals surface area contributed by atoms with E-state index in [-0.39, 0.29) is 4.90 Å². The van der Waals surface area contributed by atoms with Gasteiger partial charge in [0.2, 0.25) is 10.0 Å². The fourth-order valence-corrected chi connectivity index (χ4v) is 3.60. The molecule has 0 aliphatic rings. The van der Waals surface area contributed by atoms with Crippen LogP contribution >= 0.6 is 0 Å². The Morgan fingerprint density at radius 1 is 1.22 bits per heavy atom. The molecule has 0 unspecified atom stereocenters. The Labute approximate surface area is 137 Å². The summed E-state index contributed by atoms with van der Waals surface area (Å²) in [7, 11) is -2.09. The predicted octanol–water partition coefficient (Wildman–Crippen LogP) is 2.70. The third-order valence-corrected chi connectivity index (χ3v) is 5.00. The van der Waals surface area contributed by atoms with Gasteiger partial charge in [0.25, 0.3) is 0 Å². The van der Waals surface area contributed by atoms with Crippen LogP contribution in [0.2, 0.25) is 0 Å². The molecule has 0 spiro atoms. The van der Waals surface area contributed by atoms with Crippen LogP contribution in [-0.2, 0) is 16.4 Å². The highest BCUT2D eigenvalue weighted by Crippen LogP contribution is 2.24. The first-order valence-electron chi connectivity index (χ1n) is 7.56. The summed E-state index contributed by atoms with van der Waals surface area (Å²) in [4.78, 5) is 4.25. The van der Waals surface area contributed by atoms with E-state index in [1.807, 2.05) is 31.3 Å². The molecule has 6 heteroatoms. The van der Waals surface area contributed by atoms with E-state index in [2.05, 4.69) is 9.71 Å². The molecule has 0 aliphatic carbocycles. The van der Waals surface area contributed by atoms with E-state index in [9.17, 15) is 8.42 Å². The molecule has 0 saturated carbocycles. The van der Waals surface area contributed by atoms with E-state index in [4.69, 9.17) is 4.74 Å². The third kappa shape index (κ3) is 5.04. The van der Waals surface area contributed by atoms with Gasteiger partial charge in [0.05, 0.1) is 7.11 Å². The van der Waals surface area contributed by atoms with Crippen molar-refractivity contribution in [1.29, 1.82) is 0 Å². The second-order valence-electron chi connectivity index (χ2n) is 5.37. The number of ether oxygens (including phenoxy) is 1. The molecular formula is C17H22N2O3S. The number of methoxy groups -OCH3 is 1. The minimum Gasteiger partial charge on any atom is -0.495 e. The van der Waals surface area contributed by atoms with E-state index in [0.717, 1.165) is 30.4 Å². The standard InChI is InChI=1S/C17H22N2O3S/c1-14-8-9-16(22-2)17(12-14)23(20,21)19-11-4-3-6-15-7-5-10-18-13-15/h5,7-10,12-13,19H,3-4,6,11H2,1-2H3. The summed E-state index contributed by atoms with van der Waals surface area (Å²) in [6, 6.07) is 9.05. The van der Waals surface area contributed by atoms with Crippen molar-refractivity contribution in [2.24, 2.45) is 0 Å². The smallest absolute Gasteiger partial charge is 0.244 e. The predicted molar refractivity (Wildman–Crippen MR) is 90.1 cm³/mol. The summed E-state index contributed by atoms with van der Waals surface area (Å²) < 4.78 is 32.6. The number of aromatic nitrogens is 1. The van der Waals surface area contributed by atoms with Crippen molar-refractivity contribution in [3.8, 4) is 5.75 Å². The maximum absolute atomic E-state index is 12.4. The van der Waals surface area contributed by atoms with Crippen molar-refractivity contribution in [2.45, 2.75) is 31.1 Å². The van der Waals surface area contributed by atoms with E-state index in [0.29, 0.717) is 12.3 Å². The van der Waals surface area contributed by atoms with Gasteiger partial charge in [-0.1, -0.05) is 12.1 Å². The molecule has 5 nitrogen and oxygen atoms in total. The maximum atomic E-state index is 12.4. The molecule has 0 radical (unpaired) electrons. The second-order valence-corrected chi connectivity index (χ2v) is 7.11. The first kappa shape index (κ1) is 17.4. The van der Waals surface area contributed by atoms with Crippen molar-refractivity contribution in [3.63, 3.8) is 0 Å². The van der Waals surface area contributed by atoms with Gasteiger partial charge < -0.3 is 4.74 Å². The van der Waals surface area contributed by atoms with Crippen molar-refractivity contribution >= 4 is 10.0 Å². The first-order chi connectivity index (χ1) is 11.0. The quantitative estimate of drug-likeness (QED) is 0.754. The summed E-state index contributed by atoms with van der Waals surface area (Å²) in [5.41, 5.74) is 2.04. The van der Waals surface area contributed by atoms with Gasteiger partial charge >= 0.3 is 0 Å². The summed E-state index contributed by atoms with van der Waals surface area (Å²) in [6.45, 7) is 2.26. The third-order valence-electron chi connectivity index (χ3n) is 3.52. The number of pyridine rings is 1. The van der Waals surface area contributed by atoms with Crippen molar-refractivity contribution in [2.75, 3.05) is 13.7 Å². The Bertz CT molecular complexity index is 731. The molecule has 1 aromatic heterocycles. The minimum absolute atomic E-state index is 0.187. The molecular weight excluding hydrogens is 312 g/mol. The summed E-state index contributed by atoms with van der Waals surface area (Å²) in [5, 5.41) is 0. The van der Waals surface area contributed by atoms with E-state index in [1.165, 1.54) is 7.11 Å². The topological polar surface area (TPSA) is 68.3 Å². The molecule has 0 amide bonds. The largest absolute Gasteiger partial charge is 0.495 e. The molecule has 1 aromatic carbocycles. The van der Waals surface area contributed by atoms with Crippen LogP contribution in [0.1, 0.15) is 24.0 Å². The summed E-state index contributed by atoms with van der Waals surface area (Å²) in [5.74, 6) is 0.360. The summed E-state index contributed by atoms with van der Waals surface area (Å²) in [6.07, 6.45) is 6.14. The molecule has 1 heterocycles. The zero-order chi connectivity index (χ0) is 16.7. The number of aryl methyl sites for hydroxylation is 2. The highest BCUT2D eigenvalue weighted by Gasteiger charge is 2.18. The van der Waals surface area contributed by atoms with Gasteiger partial charge in [0, 0.05) is 18.9 Å². The van der Waals surface area contributed by atoms with Crippen LogP contribution < -0.4 is 9.46 Å². The Morgan fingerprint density at radius 2 is 2.04 bits per heavy atom. The molecule has 0 aliphatic heterocycles. The number of sulfonamides is 1. The lowest BCUT2D eigenvalue weighted by Gasteiger charge is -2.11. The number of nitrogens with zero attached hydrogens (tertiary/aromatic N) is 1. The normalized spacial score (nSPS) is 11.4. The molecule has 2 rings (SSSR count). The Balaban J connectivity index is 1.88. The highest BCUT2D eigenvalue weighted by atomic mass is 32.2. The van der Waals surface area contributed by atoms with Crippen molar-refractivity contribution in [1.82, 2.24) is 9.71 Å². The van der Waals surface area contributed by atoms with E-state index < -0.39 is 10.0 Å².